The molecule has 0 saturated carbocycles. The SMILES string of the molecule is CN(C)C[C@@H]1CCC[C@]2(CCN(C(=O)CCOc3ccccc3)C2)O1. The zero-order chi connectivity index (χ0) is 17.7. The maximum Gasteiger partial charge on any atom is 0.226 e. The topological polar surface area (TPSA) is 42.0 Å². The van der Waals surface area contributed by atoms with Gasteiger partial charge in [0.05, 0.1) is 24.7 Å². The molecule has 138 valence electrons. The summed E-state index contributed by atoms with van der Waals surface area (Å²) in [4.78, 5) is 16.7. The fraction of sp³-hybridized carbons (Fsp3) is 0.650. The van der Waals surface area contributed by atoms with Gasteiger partial charge in [-0.3, -0.25) is 4.79 Å². The van der Waals surface area contributed by atoms with Crippen LogP contribution in [-0.4, -0.2) is 67.7 Å². The highest BCUT2D eigenvalue weighted by atomic mass is 16.5. The van der Waals surface area contributed by atoms with Crippen LogP contribution in [0.3, 0.4) is 0 Å². The lowest BCUT2D eigenvalue weighted by Gasteiger charge is -2.39. The largest absolute Gasteiger partial charge is 0.493 e. The van der Waals surface area contributed by atoms with E-state index in [4.69, 9.17) is 9.47 Å². The van der Waals surface area contributed by atoms with Gasteiger partial charge in [-0.15, -0.1) is 0 Å². The summed E-state index contributed by atoms with van der Waals surface area (Å²) >= 11 is 0. The Labute approximate surface area is 150 Å². The summed E-state index contributed by atoms with van der Waals surface area (Å²) in [6.07, 6.45) is 5.06. The third-order valence-electron chi connectivity index (χ3n) is 5.14. The van der Waals surface area contributed by atoms with Crippen LogP contribution in [0.25, 0.3) is 0 Å². The number of rotatable bonds is 6. The summed E-state index contributed by atoms with van der Waals surface area (Å²) in [5, 5.41) is 0. The Morgan fingerprint density at radius 2 is 2.12 bits per heavy atom. The fourth-order valence-corrected chi connectivity index (χ4v) is 3.95. The van der Waals surface area contributed by atoms with Crippen molar-refractivity contribution in [2.45, 2.75) is 43.8 Å². The van der Waals surface area contributed by atoms with Crippen molar-refractivity contribution in [2.75, 3.05) is 40.3 Å². The zero-order valence-electron chi connectivity index (χ0n) is 15.4. The number of amides is 1. The van der Waals surface area contributed by atoms with Crippen LogP contribution >= 0.6 is 0 Å². The van der Waals surface area contributed by atoms with Crippen LogP contribution in [0.1, 0.15) is 32.1 Å². The Bertz CT molecular complexity index is 563. The van der Waals surface area contributed by atoms with Gasteiger partial charge in [0.25, 0.3) is 0 Å². The Hall–Kier alpha value is -1.59. The Balaban J connectivity index is 1.46. The van der Waals surface area contributed by atoms with Crippen molar-refractivity contribution < 1.29 is 14.3 Å². The van der Waals surface area contributed by atoms with E-state index in [2.05, 4.69) is 19.0 Å². The Morgan fingerprint density at radius 1 is 1.32 bits per heavy atom. The first-order valence-corrected chi connectivity index (χ1v) is 9.34. The van der Waals surface area contributed by atoms with E-state index >= 15 is 0 Å². The van der Waals surface area contributed by atoms with Crippen LogP contribution in [0.15, 0.2) is 30.3 Å². The summed E-state index contributed by atoms with van der Waals surface area (Å²) in [6.45, 7) is 2.93. The third kappa shape index (κ3) is 4.95. The number of likely N-dealkylation sites (N-methyl/N-ethyl adjacent to an activating group) is 1. The van der Waals surface area contributed by atoms with Gasteiger partial charge in [0.1, 0.15) is 5.75 Å². The highest BCUT2D eigenvalue weighted by molar-refractivity contribution is 5.76. The standard InChI is InChI=1S/C20H30N2O3/c1-21(2)15-18-9-6-11-20(25-18)12-13-22(16-20)19(23)10-14-24-17-7-4-3-5-8-17/h3-5,7-8,18H,6,9-16H2,1-2H3/t18-,20+/m0/s1. The van der Waals surface area contributed by atoms with Gasteiger partial charge in [-0.1, -0.05) is 18.2 Å². The van der Waals surface area contributed by atoms with Gasteiger partial charge in [0.2, 0.25) is 5.91 Å². The van der Waals surface area contributed by atoms with Gasteiger partial charge in [-0.25, -0.2) is 0 Å². The molecule has 1 spiro atoms. The van der Waals surface area contributed by atoms with E-state index in [9.17, 15) is 4.79 Å². The lowest BCUT2D eigenvalue weighted by molar-refractivity contribution is -0.140. The smallest absolute Gasteiger partial charge is 0.226 e. The number of likely N-dealkylation sites (tertiary alicyclic amines) is 1. The number of hydrogen-bond acceptors (Lipinski definition) is 4. The quantitative estimate of drug-likeness (QED) is 0.794. The lowest BCUT2D eigenvalue weighted by Crippen LogP contribution is -2.46. The zero-order valence-corrected chi connectivity index (χ0v) is 15.4. The number of hydrogen-bond donors (Lipinski definition) is 0. The Kier molecular flexibility index (Phi) is 5.97. The molecule has 5 nitrogen and oxygen atoms in total. The molecule has 2 heterocycles. The minimum Gasteiger partial charge on any atom is -0.493 e. The number of nitrogens with zero attached hydrogens (tertiary/aromatic N) is 2. The number of carbonyl (C=O) groups is 1. The van der Waals surface area contributed by atoms with E-state index in [1.54, 1.807) is 0 Å². The van der Waals surface area contributed by atoms with E-state index < -0.39 is 0 Å². The lowest BCUT2D eigenvalue weighted by atomic mass is 9.90. The van der Waals surface area contributed by atoms with Crippen LogP contribution in [0.2, 0.25) is 0 Å². The van der Waals surface area contributed by atoms with Crippen LogP contribution in [-0.2, 0) is 9.53 Å². The molecule has 2 fully saturated rings. The van der Waals surface area contributed by atoms with Crippen LogP contribution in [0.5, 0.6) is 5.75 Å². The molecule has 2 aliphatic rings. The molecule has 2 atom stereocenters. The van der Waals surface area contributed by atoms with Crippen LogP contribution in [0.4, 0.5) is 0 Å². The minimum absolute atomic E-state index is 0.116. The minimum atomic E-state index is -0.116. The predicted molar refractivity (Wildman–Crippen MR) is 97.8 cm³/mol. The molecule has 1 amide bonds. The van der Waals surface area contributed by atoms with Crippen molar-refractivity contribution in [3.63, 3.8) is 0 Å². The first-order chi connectivity index (χ1) is 12.1. The average Bonchev–Trinajstić information content (AvgIpc) is 2.98. The normalized spacial score (nSPS) is 26.4. The summed E-state index contributed by atoms with van der Waals surface area (Å²) in [6, 6.07) is 9.65. The molecule has 0 N–H and O–H groups in total. The van der Waals surface area contributed by atoms with Gasteiger partial charge in [0.15, 0.2) is 0 Å². The maximum absolute atomic E-state index is 12.5. The number of para-hydroxylation sites is 1. The van der Waals surface area contributed by atoms with E-state index in [1.165, 1.54) is 6.42 Å². The molecule has 5 heteroatoms. The average molecular weight is 346 g/mol. The van der Waals surface area contributed by atoms with Crippen molar-refractivity contribution in [3.05, 3.63) is 30.3 Å². The molecular weight excluding hydrogens is 316 g/mol. The van der Waals surface area contributed by atoms with Gasteiger partial charge >= 0.3 is 0 Å². The first-order valence-electron chi connectivity index (χ1n) is 9.34. The molecule has 0 unspecified atom stereocenters. The molecule has 0 radical (unpaired) electrons. The monoisotopic (exact) mass is 346 g/mol. The van der Waals surface area contributed by atoms with Crippen LogP contribution in [0, 0.1) is 0 Å². The van der Waals surface area contributed by atoms with Gasteiger partial charge < -0.3 is 19.3 Å². The maximum atomic E-state index is 12.5. The Morgan fingerprint density at radius 3 is 2.88 bits per heavy atom. The summed E-state index contributed by atoms with van der Waals surface area (Å²) < 4.78 is 12.1. The number of carbonyl (C=O) groups excluding carboxylic acids is 1. The highest BCUT2D eigenvalue weighted by Crippen LogP contribution is 2.37. The molecule has 3 rings (SSSR count). The predicted octanol–water partition coefficient (Wildman–Crippen LogP) is 2.56. The molecule has 0 aromatic heterocycles. The van der Waals surface area contributed by atoms with Crippen molar-refractivity contribution in [1.29, 1.82) is 0 Å². The van der Waals surface area contributed by atoms with Gasteiger partial charge in [0, 0.05) is 19.6 Å². The van der Waals surface area contributed by atoms with Crippen molar-refractivity contribution in [2.24, 2.45) is 0 Å². The van der Waals surface area contributed by atoms with Gasteiger partial charge in [-0.05, 0) is 51.9 Å². The molecular formula is C20H30N2O3. The second-order valence-corrected chi connectivity index (χ2v) is 7.55. The van der Waals surface area contributed by atoms with Crippen LogP contribution < -0.4 is 4.74 Å². The van der Waals surface area contributed by atoms with E-state index in [1.807, 2.05) is 35.2 Å². The molecule has 1 aromatic carbocycles. The highest BCUT2D eigenvalue weighted by Gasteiger charge is 2.44. The van der Waals surface area contributed by atoms with E-state index in [-0.39, 0.29) is 11.5 Å². The van der Waals surface area contributed by atoms with Crippen molar-refractivity contribution in [3.8, 4) is 5.75 Å². The third-order valence-corrected chi connectivity index (χ3v) is 5.14. The second kappa shape index (κ2) is 8.19. The molecule has 2 aliphatic heterocycles. The van der Waals surface area contributed by atoms with E-state index in [0.717, 1.165) is 44.6 Å². The summed E-state index contributed by atoms with van der Waals surface area (Å²) in [5.74, 6) is 0.987. The van der Waals surface area contributed by atoms with Crippen molar-refractivity contribution >= 4 is 5.91 Å². The summed E-state index contributed by atoms with van der Waals surface area (Å²) in [7, 11) is 4.17. The first kappa shape index (κ1) is 18.2. The van der Waals surface area contributed by atoms with E-state index in [0.29, 0.717) is 19.1 Å². The van der Waals surface area contributed by atoms with Crippen molar-refractivity contribution in [1.82, 2.24) is 9.80 Å². The van der Waals surface area contributed by atoms with Gasteiger partial charge in [-0.2, -0.15) is 0 Å². The molecule has 2 saturated heterocycles. The molecule has 25 heavy (non-hydrogen) atoms. The molecule has 1 aromatic rings. The number of benzene rings is 1. The number of ether oxygens (including phenoxy) is 2. The molecule has 0 aliphatic carbocycles. The second-order valence-electron chi connectivity index (χ2n) is 7.55. The molecule has 0 bridgehead atoms. The summed E-state index contributed by atoms with van der Waals surface area (Å²) in [5.41, 5.74) is -0.116. The fourth-order valence-electron chi connectivity index (χ4n) is 3.95.